The number of carbonyl (C=O) groups is 1. The van der Waals surface area contributed by atoms with Crippen LogP contribution in [0.15, 0.2) is 0 Å². The highest BCUT2D eigenvalue weighted by Crippen LogP contribution is 2.05. The van der Waals surface area contributed by atoms with Gasteiger partial charge in [0.2, 0.25) is 6.41 Å². The van der Waals surface area contributed by atoms with Gasteiger partial charge in [-0.1, -0.05) is 47.0 Å². The molecular weight excluding hydrogens is 162 g/mol. The monoisotopic (exact) mass is 187 g/mol. The smallest absolute Gasteiger partial charge is 0.207 e. The van der Waals surface area contributed by atoms with Crippen LogP contribution in [0.3, 0.4) is 0 Å². The first-order valence-corrected chi connectivity index (χ1v) is 5.54. The summed E-state index contributed by atoms with van der Waals surface area (Å²) >= 11 is 0. The molecule has 1 unspecified atom stereocenters. The van der Waals surface area contributed by atoms with Crippen molar-refractivity contribution in [3.63, 3.8) is 0 Å². The van der Waals surface area contributed by atoms with Crippen molar-refractivity contribution < 1.29 is 4.79 Å². The van der Waals surface area contributed by atoms with Gasteiger partial charge in [-0.15, -0.1) is 0 Å². The zero-order valence-electron chi connectivity index (χ0n) is 9.60. The van der Waals surface area contributed by atoms with Crippen LogP contribution in [0.25, 0.3) is 0 Å². The number of rotatable bonds is 7. The van der Waals surface area contributed by atoms with Crippen LogP contribution >= 0.6 is 0 Å². The van der Waals surface area contributed by atoms with E-state index in [4.69, 9.17) is 0 Å². The summed E-state index contributed by atoms with van der Waals surface area (Å²) in [7, 11) is 0. The number of nitrogens with one attached hydrogen (secondary N) is 1. The third-order valence-electron chi connectivity index (χ3n) is 1.85. The number of unbranched alkanes of at least 4 members (excludes halogenated alkanes) is 1. The SMILES string of the molecule is CC.CCCCC(CCC)NC=O. The van der Waals surface area contributed by atoms with Crippen molar-refractivity contribution in [3.05, 3.63) is 0 Å². The molecule has 0 aromatic heterocycles. The minimum absolute atomic E-state index is 0.414. The molecule has 0 saturated heterocycles. The number of amides is 1. The van der Waals surface area contributed by atoms with E-state index in [0.717, 1.165) is 25.7 Å². The van der Waals surface area contributed by atoms with Crippen molar-refractivity contribution in [2.45, 2.75) is 65.8 Å². The molecule has 0 spiro atoms. The Balaban J connectivity index is 0. The summed E-state index contributed by atoms with van der Waals surface area (Å²) in [4.78, 5) is 10.1. The molecule has 0 saturated carbocycles. The standard InChI is InChI=1S/C9H19NO.C2H6/c1-3-5-7-9(6-4-2)10-8-11;1-2/h8-9H,3-7H2,1-2H3,(H,10,11);1-2H3. The van der Waals surface area contributed by atoms with Crippen LogP contribution in [0.2, 0.25) is 0 Å². The summed E-state index contributed by atoms with van der Waals surface area (Å²) < 4.78 is 0. The predicted octanol–water partition coefficient (Wildman–Crippen LogP) is 3.12. The molecule has 0 aromatic rings. The fraction of sp³-hybridized carbons (Fsp3) is 0.909. The van der Waals surface area contributed by atoms with Gasteiger partial charge in [0.1, 0.15) is 0 Å². The van der Waals surface area contributed by atoms with E-state index in [1.807, 2.05) is 13.8 Å². The maximum atomic E-state index is 10.1. The molecule has 1 amide bonds. The van der Waals surface area contributed by atoms with Gasteiger partial charge in [-0.2, -0.15) is 0 Å². The fourth-order valence-corrected chi connectivity index (χ4v) is 1.21. The minimum Gasteiger partial charge on any atom is -0.356 e. The highest BCUT2D eigenvalue weighted by atomic mass is 16.1. The molecule has 0 aliphatic heterocycles. The Bertz CT molecular complexity index is 94.1. The summed E-state index contributed by atoms with van der Waals surface area (Å²) in [5.41, 5.74) is 0. The average Bonchev–Trinajstić information content (AvgIpc) is 2.18. The van der Waals surface area contributed by atoms with Crippen LogP contribution in [-0.2, 0) is 4.79 Å². The molecule has 1 atom stereocenters. The van der Waals surface area contributed by atoms with Gasteiger partial charge < -0.3 is 5.32 Å². The van der Waals surface area contributed by atoms with Crippen LogP contribution in [-0.4, -0.2) is 12.5 Å². The van der Waals surface area contributed by atoms with Crippen molar-refractivity contribution in [2.75, 3.05) is 0 Å². The fourth-order valence-electron chi connectivity index (χ4n) is 1.21. The highest BCUT2D eigenvalue weighted by Gasteiger charge is 2.03. The molecule has 2 heteroatoms. The van der Waals surface area contributed by atoms with E-state index < -0.39 is 0 Å². The minimum atomic E-state index is 0.414. The Morgan fingerprint density at radius 1 is 1.15 bits per heavy atom. The lowest BCUT2D eigenvalue weighted by Crippen LogP contribution is -2.27. The molecule has 1 N–H and O–H groups in total. The number of carbonyl (C=O) groups excluding carboxylic acids is 1. The molecule has 0 radical (unpaired) electrons. The van der Waals surface area contributed by atoms with Crippen LogP contribution in [0, 0.1) is 0 Å². The van der Waals surface area contributed by atoms with E-state index in [1.54, 1.807) is 0 Å². The first-order valence-electron chi connectivity index (χ1n) is 5.54. The summed E-state index contributed by atoms with van der Waals surface area (Å²) in [5, 5.41) is 2.84. The molecule has 0 aromatic carbocycles. The molecule has 0 rings (SSSR count). The molecule has 0 fully saturated rings. The van der Waals surface area contributed by atoms with Crippen molar-refractivity contribution >= 4 is 6.41 Å². The first kappa shape index (κ1) is 15.0. The molecule has 0 aliphatic carbocycles. The maximum Gasteiger partial charge on any atom is 0.207 e. The summed E-state index contributed by atoms with van der Waals surface area (Å²) in [5.74, 6) is 0. The largest absolute Gasteiger partial charge is 0.356 e. The predicted molar refractivity (Wildman–Crippen MR) is 58.8 cm³/mol. The first-order chi connectivity index (χ1) is 6.35. The third kappa shape index (κ3) is 11.5. The topological polar surface area (TPSA) is 29.1 Å². The zero-order chi connectivity index (χ0) is 10.5. The Morgan fingerprint density at radius 3 is 2.15 bits per heavy atom. The van der Waals surface area contributed by atoms with Gasteiger partial charge in [0.05, 0.1) is 0 Å². The zero-order valence-corrected chi connectivity index (χ0v) is 9.60. The van der Waals surface area contributed by atoms with Gasteiger partial charge in [-0.25, -0.2) is 0 Å². The Morgan fingerprint density at radius 2 is 1.77 bits per heavy atom. The van der Waals surface area contributed by atoms with Crippen molar-refractivity contribution in [1.29, 1.82) is 0 Å². The van der Waals surface area contributed by atoms with Crippen LogP contribution in [0.4, 0.5) is 0 Å². The molecule has 0 aliphatic rings. The lowest BCUT2D eigenvalue weighted by Gasteiger charge is -2.13. The van der Waals surface area contributed by atoms with E-state index in [1.165, 1.54) is 12.8 Å². The van der Waals surface area contributed by atoms with Gasteiger partial charge in [0.25, 0.3) is 0 Å². The van der Waals surface area contributed by atoms with Gasteiger partial charge >= 0.3 is 0 Å². The number of hydrogen-bond donors (Lipinski definition) is 1. The van der Waals surface area contributed by atoms with Crippen LogP contribution in [0.5, 0.6) is 0 Å². The van der Waals surface area contributed by atoms with Crippen molar-refractivity contribution in [1.82, 2.24) is 5.32 Å². The van der Waals surface area contributed by atoms with Crippen molar-refractivity contribution in [3.8, 4) is 0 Å². The van der Waals surface area contributed by atoms with Gasteiger partial charge in [0, 0.05) is 6.04 Å². The molecule has 13 heavy (non-hydrogen) atoms. The maximum absolute atomic E-state index is 10.1. The van der Waals surface area contributed by atoms with Crippen molar-refractivity contribution in [2.24, 2.45) is 0 Å². The third-order valence-corrected chi connectivity index (χ3v) is 1.85. The molecular formula is C11H25NO. The van der Waals surface area contributed by atoms with E-state index in [2.05, 4.69) is 19.2 Å². The van der Waals surface area contributed by atoms with Gasteiger partial charge in [-0.3, -0.25) is 4.79 Å². The van der Waals surface area contributed by atoms with Crippen LogP contribution in [0.1, 0.15) is 59.8 Å². The second-order valence-corrected chi connectivity index (χ2v) is 2.91. The highest BCUT2D eigenvalue weighted by molar-refractivity contribution is 5.46. The Hall–Kier alpha value is -0.530. The van der Waals surface area contributed by atoms with Gasteiger partial charge in [0.15, 0.2) is 0 Å². The Kier molecular flexibility index (Phi) is 16.1. The second kappa shape index (κ2) is 14.0. The summed E-state index contributed by atoms with van der Waals surface area (Å²) in [6.45, 7) is 8.31. The lowest BCUT2D eigenvalue weighted by atomic mass is 10.1. The molecule has 0 bridgehead atoms. The average molecular weight is 187 g/mol. The summed E-state index contributed by atoms with van der Waals surface area (Å²) in [6, 6.07) is 0.414. The molecule has 0 heterocycles. The number of hydrogen-bond acceptors (Lipinski definition) is 1. The second-order valence-electron chi connectivity index (χ2n) is 2.91. The van der Waals surface area contributed by atoms with Gasteiger partial charge in [-0.05, 0) is 12.8 Å². The van der Waals surface area contributed by atoms with E-state index in [-0.39, 0.29) is 0 Å². The normalized spacial score (nSPS) is 11.1. The van der Waals surface area contributed by atoms with E-state index in [9.17, 15) is 4.79 Å². The summed E-state index contributed by atoms with van der Waals surface area (Å²) in [6.07, 6.45) is 6.62. The van der Waals surface area contributed by atoms with E-state index >= 15 is 0 Å². The van der Waals surface area contributed by atoms with Crippen LogP contribution < -0.4 is 5.32 Å². The molecule has 80 valence electrons. The lowest BCUT2D eigenvalue weighted by molar-refractivity contribution is -0.110. The molecule has 2 nitrogen and oxygen atoms in total. The quantitative estimate of drug-likeness (QED) is 0.610. The Labute approximate surface area is 83.1 Å². The van der Waals surface area contributed by atoms with E-state index in [0.29, 0.717) is 6.04 Å².